The highest BCUT2D eigenvalue weighted by molar-refractivity contribution is 5.91. The van der Waals surface area contributed by atoms with Gasteiger partial charge in [-0.25, -0.2) is 4.79 Å². The van der Waals surface area contributed by atoms with Gasteiger partial charge in [0.15, 0.2) is 0 Å². The normalized spacial score (nSPS) is 19.1. The van der Waals surface area contributed by atoms with Gasteiger partial charge in [-0.05, 0) is 19.3 Å². The summed E-state index contributed by atoms with van der Waals surface area (Å²) in [6.45, 7) is 2.66. The third-order valence-electron chi connectivity index (χ3n) is 3.36. The summed E-state index contributed by atoms with van der Waals surface area (Å²) in [5.41, 5.74) is 5.07. The Kier molecular flexibility index (Phi) is 5.25. The van der Waals surface area contributed by atoms with Crippen LogP contribution in [0.2, 0.25) is 0 Å². The number of amides is 2. The molecule has 98 valence electrons. The van der Waals surface area contributed by atoms with Gasteiger partial charge in [0.1, 0.15) is 5.84 Å². The predicted molar refractivity (Wildman–Crippen MR) is 69.2 cm³/mol. The molecule has 0 aliphatic heterocycles. The van der Waals surface area contributed by atoms with Gasteiger partial charge >= 0.3 is 6.03 Å². The first-order valence-electron chi connectivity index (χ1n) is 6.51. The van der Waals surface area contributed by atoms with Crippen molar-refractivity contribution >= 4 is 11.9 Å². The largest absolute Gasteiger partial charge is 0.386 e. The molecule has 1 rings (SSSR count). The molecule has 17 heavy (non-hydrogen) atoms. The van der Waals surface area contributed by atoms with Crippen molar-refractivity contribution in [3.05, 3.63) is 0 Å². The molecular weight excluding hydrogens is 216 g/mol. The molecule has 5 nitrogen and oxygen atoms in total. The van der Waals surface area contributed by atoms with Crippen LogP contribution in [0.5, 0.6) is 0 Å². The summed E-state index contributed by atoms with van der Waals surface area (Å²) in [5, 5.41) is 13.4. The van der Waals surface area contributed by atoms with Crippen LogP contribution in [0.25, 0.3) is 0 Å². The predicted octanol–water partition coefficient (Wildman–Crippen LogP) is 1.72. The molecule has 0 radical (unpaired) electrons. The Morgan fingerprint density at radius 3 is 2.35 bits per heavy atom. The quantitative estimate of drug-likeness (QED) is 0.342. The SMILES string of the molecule is CCCNC(=O)NC1(C(=N)N)CCCCCC1. The van der Waals surface area contributed by atoms with Crippen LogP contribution in [-0.4, -0.2) is 24.0 Å². The average Bonchev–Trinajstić information content (AvgIpc) is 2.53. The molecule has 0 heterocycles. The number of carbonyl (C=O) groups is 1. The lowest BCUT2D eigenvalue weighted by molar-refractivity contribution is 0.230. The van der Waals surface area contributed by atoms with Gasteiger partial charge in [-0.15, -0.1) is 0 Å². The van der Waals surface area contributed by atoms with Crippen molar-refractivity contribution in [2.45, 2.75) is 57.4 Å². The molecule has 0 spiro atoms. The maximum Gasteiger partial charge on any atom is 0.315 e. The van der Waals surface area contributed by atoms with E-state index >= 15 is 0 Å². The number of nitrogens with two attached hydrogens (primary N) is 1. The highest BCUT2D eigenvalue weighted by Gasteiger charge is 2.35. The van der Waals surface area contributed by atoms with Crippen LogP contribution < -0.4 is 16.4 Å². The molecule has 0 saturated heterocycles. The lowest BCUT2D eigenvalue weighted by Crippen LogP contribution is -2.59. The fourth-order valence-electron chi connectivity index (χ4n) is 2.29. The summed E-state index contributed by atoms with van der Waals surface area (Å²) < 4.78 is 0. The second-order valence-corrected chi connectivity index (χ2v) is 4.79. The highest BCUT2D eigenvalue weighted by atomic mass is 16.2. The summed E-state index contributed by atoms with van der Waals surface area (Å²) >= 11 is 0. The maximum atomic E-state index is 11.7. The first-order chi connectivity index (χ1) is 8.10. The number of carbonyl (C=O) groups excluding carboxylic acids is 1. The topological polar surface area (TPSA) is 91.0 Å². The van der Waals surface area contributed by atoms with Crippen LogP contribution in [0, 0.1) is 5.41 Å². The van der Waals surface area contributed by atoms with Gasteiger partial charge in [-0.3, -0.25) is 5.41 Å². The van der Waals surface area contributed by atoms with Crippen molar-refractivity contribution in [3.63, 3.8) is 0 Å². The van der Waals surface area contributed by atoms with Crippen molar-refractivity contribution in [1.82, 2.24) is 10.6 Å². The molecule has 1 fully saturated rings. The van der Waals surface area contributed by atoms with E-state index in [9.17, 15) is 4.79 Å². The molecule has 0 unspecified atom stereocenters. The van der Waals surface area contributed by atoms with Crippen LogP contribution in [0.3, 0.4) is 0 Å². The monoisotopic (exact) mass is 240 g/mol. The van der Waals surface area contributed by atoms with E-state index in [-0.39, 0.29) is 11.9 Å². The summed E-state index contributed by atoms with van der Waals surface area (Å²) in [6.07, 6.45) is 6.83. The summed E-state index contributed by atoms with van der Waals surface area (Å²) in [6, 6.07) is -0.205. The number of nitrogens with one attached hydrogen (secondary N) is 3. The number of rotatable bonds is 4. The number of hydrogen-bond acceptors (Lipinski definition) is 2. The van der Waals surface area contributed by atoms with E-state index in [0.717, 1.165) is 44.9 Å². The molecule has 0 aromatic heterocycles. The average molecular weight is 240 g/mol. The lowest BCUT2D eigenvalue weighted by atomic mass is 9.89. The fraction of sp³-hybridized carbons (Fsp3) is 0.833. The third-order valence-corrected chi connectivity index (χ3v) is 3.36. The van der Waals surface area contributed by atoms with Gasteiger partial charge in [-0.2, -0.15) is 0 Å². The van der Waals surface area contributed by atoms with Crippen molar-refractivity contribution in [3.8, 4) is 0 Å². The number of amidine groups is 1. The van der Waals surface area contributed by atoms with E-state index in [1.807, 2.05) is 6.92 Å². The smallest absolute Gasteiger partial charge is 0.315 e. The van der Waals surface area contributed by atoms with Crippen molar-refractivity contribution in [2.75, 3.05) is 6.54 Å². The Balaban J connectivity index is 2.63. The van der Waals surface area contributed by atoms with Crippen molar-refractivity contribution < 1.29 is 4.79 Å². The maximum absolute atomic E-state index is 11.7. The van der Waals surface area contributed by atoms with Gasteiger partial charge < -0.3 is 16.4 Å². The molecule has 0 aromatic carbocycles. The summed E-state index contributed by atoms with van der Waals surface area (Å²) in [4.78, 5) is 11.7. The number of urea groups is 1. The molecule has 5 heteroatoms. The summed E-state index contributed by atoms with van der Waals surface area (Å²) in [5.74, 6) is 0.0889. The fourth-order valence-corrected chi connectivity index (χ4v) is 2.29. The second-order valence-electron chi connectivity index (χ2n) is 4.79. The Morgan fingerprint density at radius 2 is 1.88 bits per heavy atom. The molecule has 0 atom stereocenters. The van der Waals surface area contributed by atoms with Crippen LogP contribution in [0.1, 0.15) is 51.9 Å². The number of hydrogen-bond donors (Lipinski definition) is 4. The zero-order valence-corrected chi connectivity index (χ0v) is 10.6. The molecule has 0 bridgehead atoms. The Hall–Kier alpha value is -1.26. The highest BCUT2D eigenvalue weighted by Crippen LogP contribution is 2.26. The van der Waals surface area contributed by atoms with Crippen LogP contribution in [0.15, 0.2) is 0 Å². The van der Waals surface area contributed by atoms with Gasteiger partial charge in [0.05, 0.1) is 5.54 Å². The minimum atomic E-state index is -0.617. The van der Waals surface area contributed by atoms with Gasteiger partial charge in [0.2, 0.25) is 0 Å². The molecule has 5 N–H and O–H groups in total. The second kappa shape index (κ2) is 6.47. The Labute approximate surface area is 103 Å². The van der Waals surface area contributed by atoms with Gasteiger partial charge in [-0.1, -0.05) is 32.6 Å². The zero-order valence-electron chi connectivity index (χ0n) is 10.6. The van der Waals surface area contributed by atoms with E-state index in [4.69, 9.17) is 11.1 Å². The van der Waals surface area contributed by atoms with Crippen LogP contribution in [0.4, 0.5) is 4.79 Å². The minimum Gasteiger partial charge on any atom is -0.386 e. The first-order valence-corrected chi connectivity index (χ1v) is 6.51. The molecular formula is C12H24N4O. The van der Waals surface area contributed by atoms with E-state index in [1.54, 1.807) is 0 Å². The van der Waals surface area contributed by atoms with Crippen molar-refractivity contribution in [1.29, 1.82) is 5.41 Å². The third kappa shape index (κ3) is 3.91. The molecule has 1 saturated carbocycles. The van der Waals surface area contributed by atoms with Gasteiger partial charge in [0.25, 0.3) is 0 Å². The van der Waals surface area contributed by atoms with Crippen molar-refractivity contribution in [2.24, 2.45) is 5.73 Å². The standard InChI is InChI=1S/C12H24N4O/c1-2-9-15-11(17)16-12(10(13)14)7-5-3-4-6-8-12/h2-9H2,1H3,(H3,13,14)(H2,15,16,17). The van der Waals surface area contributed by atoms with E-state index in [0.29, 0.717) is 6.54 Å². The van der Waals surface area contributed by atoms with E-state index < -0.39 is 5.54 Å². The first kappa shape index (κ1) is 13.8. The van der Waals surface area contributed by atoms with Crippen LogP contribution in [-0.2, 0) is 0 Å². The summed E-state index contributed by atoms with van der Waals surface area (Å²) in [7, 11) is 0. The minimum absolute atomic E-state index is 0.0889. The molecule has 1 aliphatic rings. The molecule has 0 aromatic rings. The van der Waals surface area contributed by atoms with Gasteiger partial charge in [0, 0.05) is 6.54 Å². The zero-order chi connectivity index (χ0) is 12.7. The van der Waals surface area contributed by atoms with Crippen LogP contribution >= 0.6 is 0 Å². The van der Waals surface area contributed by atoms with E-state index in [2.05, 4.69) is 10.6 Å². The van der Waals surface area contributed by atoms with E-state index in [1.165, 1.54) is 0 Å². The Morgan fingerprint density at radius 1 is 1.29 bits per heavy atom. The lowest BCUT2D eigenvalue weighted by Gasteiger charge is -2.32. The Bertz CT molecular complexity index is 270. The molecule has 2 amide bonds. The molecule has 1 aliphatic carbocycles.